The molecule has 0 aliphatic heterocycles. The molecule has 1 aliphatic carbocycles. The quantitative estimate of drug-likeness (QED) is 0.901. The number of aryl methyl sites for hydroxylation is 1. The van der Waals surface area contributed by atoms with Crippen LogP contribution in [0.3, 0.4) is 0 Å². The summed E-state index contributed by atoms with van der Waals surface area (Å²) in [5, 5.41) is 4.07. The maximum absolute atomic E-state index is 12.4. The molecule has 2 atom stereocenters. The number of anilines is 1. The van der Waals surface area contributed by atoms with Crippen molar-refractivity contribution in [2.75, 3.05) is 12.3 Å². The van der Waals surface area contributed by atoms with E-state index in [1.54, 1.807) is 0 Å². The monoisotopic (exact) mass is 302 g/mol. The maximum Gasteiger partial charge on any atom is 0.263 e. The first-order valence-electron chi connectivity index (χ1n) is 7.62. The number of carbonyl (C=O) groups excluding carboxylic acids is 1. The van der Waals surface area contributed by atoms with Gasteiger partial charge in [0.2, 0.25) is 0 Å². The highest BCUT2D eigenvalue weighted by atomic mass is 32.1. The zero-order valence-electron chi connectivity index (χ0n) is 12.6. The van der Waals surface area contributed by atoms with Crippen LogP contribution in [0.5, 0.6) is 0 Å². The van der Waals surface area contributed by atoms with Crippen LogP contribution in [-0.2, 0) is 0 Å². The van der Waals surface area contributed by atoms with Crippen LogP contribution in [0, 0.1) is 18.8 Å². The fourth-order valence-corrected chi connectivity index (χ4v) is 4.38. The zero-order chi connectivity index (χ0) is 15.0. The van der Waals surface area contributed by atoms with Gasteiger partial charge in [0.1, 0.15) is 4.88 Å². The number of rotatable bonds is 3. The van der Waals surface area contributed by atoms with Crippen LogP contribution >= 0.6 is 11.3 Å². The van der Waals surface area contributed by atoms with Gasteiger partial charge in [-0.25, -0.2) is 0 Å². The molecule has 1 heterocycles. The number of hydrogen-bond donors (Lipinski definition) is 2. The topological polar surface area (TPSA) is 55.1 Å². The van der Waals surface area contributed by atoms with Crippen molar-refractivity contribution in [3.05, 3.63) is 28.6 Å². The van der Waals surface area contributed by atoms with Crippen LogP contribution < -0.4 is 11.1 Å². The fraction of sp³-hybridized carbons (Fsp3) is 0.471. The Balaban J connectivity index is 1.75. The molecule has 1 aromatic carbocycles. The highest BCUT2D eigenvalue weighted by Crippen LogP contribution is 2.35. The summed E-state index contributed by atoms with van der Waals surface area (Å²) >= 11 is 1.50. The second-order valence-corrected chi connectivity index (χ2v) is 7.31. The number of nitrogen functional groups attached to an aromatic ring is 1. The Morgan fingerprint density at radius 2 is 2.24 bits per heavy atom. The van der Waals surface area contributed by atoms with Gasteiger partial charge in [0.05, 0.1) is 5.69 Å². The van der Waals surface area contributed by atoms with Crippen LogP contribution in [0.4, 0.5) is 5.69 Å². The Hall–Kier alpha value is -1.55. The summed E-state index contributed by atoms with van der Waals surface area (Å²) in [6.07, 6.45) is 3.73. The molecule has 112 valence electrons. The van der Waals surface area contributed by atoms with Crippen molar-refractivity contribution in [2.45, 2.75) is 33.1 Å². The highest BCUT2D eigenvalue weighted by molar-refractivity contribution is 7.21. The van der Waals surface area contributed by atoms with Gasteiger partial charge in [-0.2, -0.15) is 0 Å². The Bertz CT molecular complexity index is 677. The Morgan fingerprint density at radius 3 is 2.90 bits per heavy atom. The number of nitrogens with one attached hydrogen (secondary N) is 1. The third kappa shape index (κ3) is 2.77. The van der Waals surface area contributed by atoms with E-state index in [1.807, 2.05) is 12.1 Å². The molecule has 1 amide bonds. The zero-order valence-corrected chi connectivity index (χ0v) is 13.4. The third-order valence-electron chi connectivity index (χ3n) is 4.51. The minimum absolute atomic E-state index is 0.0207. The summed E-state index contributed by atoms with van der Waals surface area (Å²) in [5.74, 6) is 1.40. The lowest BCUT2D eigenvalue weighted by Crippen LogP contribution is -2.28. The van der Waals surface area contributed by atoms with Crippen LogP contribution in [0.1, 0.15) is 41.4 Å². The Kier molecular flexibility index (Phi) is 3.89. The number of thiophene rings is 1. The summed E-state index contributed by atoms with van der Waals surface area (Å²) in [6, 6.07) is 6.03. The second kappa shape index (κ2) is 5.68. The molecule has 1 aromatic heterocycles. The first kappa shape index (κ1) is 14.4. The van der Waals surface area contributed by atoms with Crippen molar-refractivity contribution in [3.63, 3.8) is 0 Å². The van der Waals surface area contributed by atoms with E-state index in [9.17, 15) is 4.79 Å². The van der Waals surface area contributed by atoms with Gasteiger partial charge in [0.15, 0.2) is 0 Å². The van der Waals surface area contributed by atoms with Crippen LogP contribution in [0.25, 0.3) is 10.1 Å². The van der Waals surface area contributed by atoms with E-state index in [-0.39, 0.29) is 5.91 Å². The van der Waals surface area contributed by atoms with E-state index in [2.05, 4.69) is 25.2 Å². The second-order valence-electron chi connectivity index (χ2n) is 6.29. The molecule has 3 rings (SSSR count). The highest BCUT2D eigenvalue weighted by Gasteiger charge is 2.23. The van der Waals surface area contributed by atoms with Crippen LogP contribution in [-0.4, -0.2) is 12.5 Å². The summed E-state index contributed by atoms with van der Waals surface area (Å²) in [6.45, 7) is 5.12. The molecule has 2 unspecified atom stereocenters. The molecule has 1 saturated carbocycles. The van der Waals surface area contributed by atoms with Gasteiger partial charge >= 0.3 is 0 Å². The van der Waals surface area contributed by atoms with Gasteiger partial charge in [0.25, 0.3) is 5.91 Å². The third-order valence-corrected chi connectivity index (χ3v) is 5.87. The minimum Gasteiger partial charge on any atom is -0.397 e. The molecule has 21 heavy (non-hydrogen) atoms. The molecule has 0 saturated heterocycles. The summed E-state index contributed by atoms with van der Waals surface area (Å²) in [7, 11) is 0. The number of carbonyl (C=O) groups is 1. The van der Waals surface area contributed by atoms with E-state index in [0.29, 0.717) is 16.5 Å². The van der Waals surface area contributed by atoms with Crippen LogP contribution in [0.15, 0.2) is 18.2 Å². The van der Waals surface area contributed by atoms with Crippen molar-refractivity contribution in [1.82, 2.24) is 5.32 Å². The molecule has 3 N–H and O–H groups in total. The molecule has 0 radical (unpaired) electrons. The molecule has 0 spiro atoms. The van der Waals surface area contributed by atoms with Crippen molar-refractivity contribution in [1.29, 1.82) is 0 Å². The van der Waals surface area contributed by atoms with Gasteiger partial charge < -0.3 is 11.1 Å². The van der Waals surface area contributed by atoms with Gasteiger partial charge in [0, 0.05) is 16.6 Å². The summed E-state index contributed by atoms with van der Waals surface area (Å²) in [5.41, 5.74) is 7.96. The number of nitrogens with two attached hydrogens (primary N) is 1. The lowest BCUT2D eigenvalue weighted by Gasteiger charge is -2.10. The van der Waals surface area contributed by atoms with Gasteiger partial charge in [-0.15, -0.1) is 11.3 Å². The van der Waals surface area contributed by atoms with Crippen molar-refractivity contribution in [2.24, 2.45) is 11.8 Å². The SMILES string of the molecule is Cc1cccc2c(N)c(C(=O)NCC3CCC(C)C3)sc12. The average molecular weight is 302 g/mol. The fourth-order valence-electron chi connectivity index (χ4n) is 3.28. The predicted molar refractivity (Wildman–Crippen MR) is 89.8 cm³/mol. The van der Waals surface area contributed by atoms with E-state index in [0.717, 1.165) is 22.5 Å². The maximum atomic E-state index is 12.4. The van der Waals surface area contributed by atoms with Gasteiger partial charge in [-0.05, 0) is 37.2 Å². The molecular weight excluding hydrogens is 280 g/mol. The molecule has 1 aliphatic rings. The van der Waals surface area contributed by atoms with E-state index >= 15 is 0 Å². The number of fused-ring (bicyclic) bond motifs is 1. The van der Waals surface area contributed by atoms with Crippen molar-refractivity contribution in [3.8, 4) is 0 Å². The van der Waals surface area contributed by atoms with Crippen LogP contribution in [0.2, 0.25) is 0 Å². The van der Waals surface area contributed by atoms with Crippen molar-refractivity contribution < 1.29 is 4.79 Å². The van der Waals surface area contributed by atoms with E-state index < -0.39 is 0 Å². The molecule has 3 nitrogen and oxygen atoms in total. The molecule has 4 heteroatoms. The summed E-state index contributed by atoms with van der Waals surface area (Å²) in [4.78, 5) is 13.1. The first-order chi connectivity index (χ1) is 10.1. The first-order valence-corrected chi connectivity index (χ1v) is 8.43. The number of benzene rings is 1. The lowest BCUT2D eigenvalue weighted by atomic mass is 10.1. The Labute approximate surface area is 129 Å². The standard InChI is InChI=1S/C17H22N2OS/c1-10-6-7-12(8-10)9-19-17(20)16-14(18)13-5-3-4-11(2)15(13)21-16/h3-5,10,12H,6-9,18H2,1-2H3,(H,19,20). The molecule has 1 fully saturated rings. The normalized spacial score (nSPS) is 21.8. The average Bonchev–Trinajstić information content (AvgIpc) is 3.02. The van der Waals surface area contributed by atoms with Gasteiger partial charge in [-0.1, -0.05) is 31.5 Å². The Morgan fingerprint density at radius 1 is 1.43 bits per heavy atom. The number of amides is 1. The molecule has 2 aromatic rings. The number of hydrogen-bond acceptors (Lipinski definition) is 3. The molecular formula is C17H22N2OS. The van der Waals surface area contributed by atoms with Crippen molar-refractivity contribution >= 4 is 33.0 Å². The largest absolute Gasteiger partial charge is 0.397 e. The van der Waals surface area contributed by atoms with Gasteiger partial charge in [-0.3, -0.25) is 4.79 Å². The summed E-state index contributed by atoms with van der Waals surface area (Å²) < 4.78 is 1.12. The molecule has 0 bridgehead atoms. The lowest BCUT2D eigenvalue weighted by molar-refractivity contribution is 0.0952. The van der Waals surface area contributed by atoms with E-state index in [1.165, 1.54) is 36.2 Å². The van der Waals surface area contributed by atoms with E-state index in [4.69, 9.17) is 5.73 Å². The minimum atomic E-state index is -0.0207. The smallest absolute Gasteiger partial charge is 0.263 e. The predicted octanol–water partition coefficient (Wildman–Crippen LogP) is 3.96.